The van der Waals surface area contributed by atoms with Crippen molar-refractivity contribution in [2.75, 3.05) is 31.7 Å². The molecule has 1 aromatic heterocycles. The summed E-state index contributed by atoms with van der Waals surface area (Å²) in [4.78, 5) is 7.73. The molecule has 1 saturated heterocycles. The second-order valence-corrected chi connectivity index (χ2v) is 4.03. The molecule has 0 amide bonds. The van der Waals surface area contributed by atoms with Crippen molar-refractivity contribution in [3.05, 3.63) is 16.5 Å². The molecule has 0 aromatic carbocycles. The highest BCUT2D eigenvalue weighted by atomic mass is 35.5. The van der Waals surface area contributed by atoms with Crippen LogP contribution in [0.5, 0.6) is 0 Å². The van der Waals surface area contributed by atoms with Gasteiger partial charge in [0.2, 0.25) is 5.28 Å². The molecule has 1 fully saturated rings. The van der Waals surface area contributed by atoms with Crippen LogP contribution in [0.25, 0.3) is 0 Å². The van der Waals surface area contributed by atoms with Crippen molar-refractivity contribution in [2.24, 2.45) is 0 Å². The van der Waals surface area contributed by atoms with Crippen LogP contribution in [0.4, 0.5) is 5.82 Å². The van der Waals surface area contributed by atoms with Gasteiger partial charge in [-0.2, -0.15) is 4.98 Å². The zero-order valence-corrected chi connectivity index (χ0v) is 9.96. The van der Waals surface area contributed by atoms with Gasteiger partial charge in [-0.25, -0.2) is 4.98 Å². The molecule has 1 aliphatic heterocycles. The summed E-state index contributed by atoms with van der Waals surface area (Å²) in [5, 5.41) is 3.64. The fourth-order valence-electron chi connectivity index (χ4n) is 1.33. The highest BCUT2D eigenvalue weighted by Gasteiger charge is 2.14. The molecule has 16 heavy (non-hydrogen) atoms. The van der Waals surface area contributed by atoms with Gasteiger partial charge in [0, 0.05) is 6.54 Å². The van der Waals surface area contributed by atoms with Crippen molar-refractivity contribution in [1.82, 2.24) is 9.97 Å². The van der Waals surface area contributed by atoms with Crippen molar-refractivity contribution in [3.63, 3.8) is 0 Å². The Morgan fingerprint density at radius 2 is 2.31 bits per heavy atom. The molecule has 0 aliphatic carbocycles. The second kappa shape index (κ2) is 5.63. The number of ether oxygens (including phenoxy) is 2. The van der Waals surface area contributed by atoms with Crippen LogP contribution in [0.3, 0.4) is 0 Å². The molecule has 1 aromatic rings. The van der Waals surface area contributed by atoms with Crippen LogP contribution in [0.15, 0.2) is 6.20 Å². The molecule has 1 aliphatic rings. The van der Waals surface area contributed by atoms with Crippen molar-refractivity contribution in [2.45, 2.75) is 6.10 Å². The number of nitrogens with zero attached hydrogens (tertiary/aromatic N) is 2. The minimum Gasteiger partial charge on any atom is -0.376 e. The summed E-state index contributed by atoms with van der Waals surface area (Å²) >= 11 is 11.6. The predicted molar refractivity (Wildman–Crippen MR) is 61.1 cm³/mol. The first-order valence-electron chi connectivity index (χ1n) is 4.87. The maximum absolute atomic E-state index is 5.90. The summed E-state index contributed by atoms with van der Waals surface area (Å²) in [5.74, 6) is 0.510. The van der Waals surface area contributed by atoms with E-state index in [1.54, 1.807) is 0 Å². The Balaban J connectivity index is 1.90. The van der Waals surface area contributed by atoms with Gasteiger partial charge in [0.25, 0.3) is 0 Å². The number of halogens is 2. The molecular weight excluding hydrogens is 253 g/mol. The molecule has 0 saturated carbocycles. The molecule has 0 bridgehead atoms. The van der Waals surface area contributed by atoms with E-state index in [2.05, 4.69) is 15.3 Å². The third kappa shape index (κ3) is 3.18. The molecular formula is C9H11Cl2N3O2. The van der Waals surface area contributed by atoms with Gasteiger partial charge >= 0.3 is 0 Å². The first kappa shape index (κ1) is 11.9. The van der Waals surface area contributed by atoms with Crippen LogP contribution >= 0.6 is 23.2 Å². The highest BCUT2D eigenvalue weighted by molar-refractivity contribution is 6.33. The summed E-state index contributed by atoms with van der Waals surface area (Å²) in [6, 6.07) is 0. The molecule has 5 nitrogen and oxygen atoms in total. The lowest BCUT2D eigenvalue weighted by Crippen LogP contribution is -2.34. The van der Waals surface area contributed by atoms with E-state index in [4.69, 9.17) is 32.7 Å². The molecule has 1 atom stereocenters. The first-order chi connectivity index (χ1) is 7.75. The SMILES string of the molecule is Clc1ncc(Cl)c(NCC2COCCO2)n1. The van der Waals surface area contributed by atoms with Gasteiger partial charge in [0.05, 0.1) is 32.1 Å². The van der Waals surface area contributed by atoms with Gasteiger partial charge in [-0.05, 0) is 11.6 Å². The van der Waals surface area contributed by atoms with E-state index in [1.165, 1.54) is 6.20 Å². The third-order valence-corrected chi connectivity index (χ3v) is 2.56. The lowest BCUT2D eigenvalue weighted by molar-refractivity contribution is -0.0819. The average Bonchev–Trinajstić information content (AvgIpc) is 2.32. The second-order valence-electron chi connectivity index (χ2n) is 3.28. The van der Waals surface area contributed by atoms with Gasteiger partial charge < -0.3 is 14.8 Å². The molecule has 0 spiro atoms. The maximum Gasteiger partial charge on any atom is 0.224 e. The lowest BCUT2D eigenvalue weighted by Gasteiger charge is -2.23. The number of hydrogen-bond acceptors (Lipinski definition) is 5. The van der Waals surface area contributed by atoms with Gasteiger partial charge in [-0.15, -0.1) is 0 Å². The number of hydrogen-bond donors (Lipinski definition) is 1. The quantitative estimate of drug-likeness (QED) is 0.840. The molecule has 2 rings (SSSR count). The molecule has 7 heteroatoms. The van der Waals surface area contributed by atoms with E-state index in [-0.39, 0.29) is 11.4 Å². The van der Waals surface area contributed by atoms with Gasteiger partial charge in [-0.3, -0.25) is 0 Å². The Kier molecular flexibility index (Phi) is 4.17. The van der Waals surface area contributed by atoms with Gasteiger partial charge in [0.1, 0.15) is 10.8 Å². The molecule has 1 unspecified atom stereocenters. The average molecular weight is 264 g/mol. The van der Waals surface area contributed by atoms with Crippen LogP contribution in [0, 0.1) is 0 Å². The number of rotatable bonds is 3. The van der Waals surface area contributed by atoms with Crippen LogP contribution < -0.4 is 5.32 Å². The summed E-state index contributed by atoms with van der Waals surface area (Å²) in [7, 11) is 0. The normalized spacial score (nSPS) is 20.8. The summed E-state index contributed by atoms with van der Waals surface area (Å²) in [6.45, 7) is 2.41. The van der Waals surface area contributed by atoms with E-state index in [9.17, 15) is 0 Å². The smallest absolute Gasteiger partial charge is 0.224 e. The van der Waals surface area contributed by atoms with E-state index >= 15 is 0 Å². The Labute approximate surface area is 103 Å². The first-order valence-corrected chi connectivity index (χ1v) is 5.62. The Morgan fingerprint density at radius 3 is 3.06 bits per heavy atom. The summed E-state index contributed by atoms with van der Waals surface area (Å²) in [6.07, 6.45) is 1.47. The van der Waals surface area contributed by atoms with E-state index in [0.717, 1.165) is 0 Å². The van der Waals surface area contributed by atoms with Crippen molar-refractivity contribution in [3.8, 4) is 0 Å². The molecule has 0 radical (unpaired) electrons. The van der Waals surface area contributed by atoms with Crippen molar-refractivity contribution >= 4 is 29.0 Å². The highest BCUT2D eigenvalue weighted by Crippen LogP contribution is 2.19. The fraction of sp³-hybridized carbons (Fsp3) is 0.556. The minimum absolute atomic E-state index is 0.0126. The van der Waals surface area contributed by atoms with Crippen LogP contribution in [-0.4, -0.2) is 42.4 Å². The zero-order valence-electron chi connectivity index (χ0n) is 8.45. The van der Waals surface area contributed by atoms with Gasteiger partial charge in [-0.1, -0.05) is 11.6 Å². The van der Waals surface area contributed by atoms with Crippen LogP contribution in [-0.2, 0) is 9.47 Å². The maximum atomic E-state index is 5.90. The van der Waals surface area contributed by atoms with E-state index in [0.29, 0.717) is 37.2 Å². The van der Waals surface area contributed by atoms with Crippen LogP contribution in [0.1, 0.15) is 0 Å². The third-order valence-electron chi connectivity index (χ3n) is 2.10. The zero-order chi connectivity index (χ0) is 11.4. The lowest BCUT2D eigenvalue weighted by atomic mass is 10.3. The topological polar surface area (TPSA) is 56.3 Å². The Hall–Kier alpha value is -0.620. The number of aromatic nitrogens is 2. The summed E-state index contributed by atoms with van der Waals surface area (Å²) < 4.78 is 10.7. The van der Waals surface area contributed by atoms with E-state index < -0.39 is 0 Å². The number of nitrogens with one attached hydrogen (secondary N) is 1. The minimum atomic E-state index is 0.0126. The van der Waals surface area contributed by atoms with Gasteiger partial charge in [0.15, 0.2) is 0 Å². The monoisotopic (exact) mass is 263 g/mol. The number of anilines is 1. The predicted octanol–water partition coefficient (Wildman–Crippen LogP) is 1.61. The van der Waals surface area contributed by atoms with Crippen LogP contribution in [0.2, 0.25) is 10.3 Å². The standard InChI is InChI=1S/C9H11Cl2N3O2/c10-7-4-13-9(11)14-8(7)12-3-6-5-15-1-2-16-6/h4,6H,1-3,5H2,(H,12,13,14). The molecule has 88 valence electrons. The summed E-state index contributed by atoms with van der Waals surface area (Å²) in [5.41, 5.74) is 0. The molecule has 2 heterocycles. The molecule has 1 N–H and O–H groups in total. The Bertz CT molecular complexity index is 359. The largest absolute Gasteiger partial charge is 0.376 e. The van der Waals surface area contributed by atoms with Crippen molar-refractivity contribution in [1.29, 1.82) is 0 Å². The van der Waals surface area contributed by atoms with Crippen molar-refractivity contribution < 1.29 is 9.47 Å². The fourth-order valence-corrected chi connectivity index (χ4v) is 1.63. The van der Waals surface area contributed by atoms with E-state index in [1.807, 2.05) is 0 Å². The Morgan fingerprint density at radius 1 is 1.44 bits per heavy atom.